The number of fused-ring (bicyclic) bond motifs is 1. The van der Waals surface area contributed by atoms with Crippen molar-refractivity contribution in [2.75, 3.05) is 23.3 Å². The molecule has 1 aromatic heterocycles. The summed E-state index contributed by atoms with van der Waals surface area (Å²) >= 11 is 12.3. The first-order valence-corrected chi connectivity index (χ1v) is 11.4. The molecule has 5 rings (SSSR count). The minimum atomic E-state index is -0.514. The molecule has 34 heavy (non-hydrogen) atoms. The van der Waals surface area contributed by atoms with Gasteiger partial charge >= 0.3 is 0 Å². The summed E-state index contributed by atoms with van der Waals surface area (Å²) in [6, 6.07) is 14.6. The Morgan fingerprint density at radius 2 is 1.85 bits per heavy atom. The number of carbonyl (C=O) groups is 1. The average molecular weight is 497 g/mol. The van der Waals surface area contributed by atoms with Crippen LogP contribution in [-0.2, 0) is 0 Å². The third-order valence-corrected chi connectivity index (χ3v) is 6.26. The van der Waals surface area contributed by atoms with Crippen LogP contribution in [0.5, 0.6) is 0 Å². The Morgan fingerprint density at radius 1 is 1.06 bits per heavy atom. The van der Waals surface area contributed by atoms with Crippen LogP contribution in [0.1, 0.15) is 23.2 Å². The van der Waals surface area contributed by atoms with E-state index < -0.39 is 10.8 Å². The van der Waals surface area contributed by atoms with Crippen LogP contribution in [-0.4, -0.2) is 28.9 Å². The maximum Gasteiger partial charge on any atom is 0.293 e. The molecular formula is C24H18Cl2N4O4. The number of halogens is 2. The molecule has 0 spiro atoms. The minimum absolute atomic E-state index is 0.0977. The molecule has 1 amide bonds. The molecule has 3 aromatic carbocycles. The SMILES string of the molecule is O=C(Nc1cc(-c2nc3cc(Cl)ccc3o2)ccc1Cl)c1ccc(N2CCCC2)c([N+](=O)[O-])c1. The third kappa shape index (κ3) is 4.30. The Bertz CT molecular complexity index is 1430. The number of nitro benzene ring substituents is 1. The Morgan fingerprint density at radius 3 is 2.62 bits per heavy atom. The van der Waals surface area contributed by atoms with E-state index in [0.717, 1.165) is 25.9 Å². The van der Waals surface area contributed by atoms with Gasteiger partial charge in [-0.2, -0.15) is 0 Å². The van der Waals surface area contributed by atoms with Crippen LogP contribution in [0.3, 0.4) is 0 Å². The molecule has 2 heterocycles. The van der Waals surface area contributed by atoms with Gasteiger partial charge in [0.05, 0.1) is 15.6 Å². The normalized spacial score (nSPS) is 13.4. The second kappa shape index (κ2) is 8.96. The molecule has 1 aliphatic rings. The van der Waals surface area contributed by atoms with E-state index in [-0.39, 0.29) is 11.3 Å². The lowest BCUT2D eigenvalue weighted by Crippen LogP contribution is -2.20. The van der Waals surface area contributed by atoms with E-state index in [2.05, 4.69) is 10.3 Å². The summed E-state index contributed by atoms with van der Waals surface area (Å²) in [6.45, 7) is 1.52. The number of nitro groups is 1. The van der Waals surface area contributed by atoms with Gasteiger partial charge in [0.25, 0.3) is 11.6 Å². The molecule has 10 heteroatoms. The van der Waals surface area contributed by atoms with Crippen LogP contribution in [0.4, 0.5) is 17.1 Å². The zero-order valence-corrected chi connectivity index (χ0v) is 19.3. The van der Waals surface area contributed by atoms with Gasteiger partial charge in [-0.25, -0.2) is 4.98 Å². The molecule has 0 aliphatic carbocycles. The molecule has 1 aliphatic heterocycles. The van der Waals surface area contributed by atoms with E-state index in [4.69, 9.17) is 27.6 Å². The molecule has 0 bridgehead atoms. The fraction of sp³-hybridized carbons (Fsp3) is 0.167. The molecule has 0 radical (unpaired) electrons. The number of carbonyl (C=O) groups excluding carboxylic acids is 1. The summed E-state index contributed by atoms with van der Waals surface area (Å²) in [4.78, 5) is 30.6. The zero-order chi connectivity index (χ0) is 23.8. The van der Waals surface area contributed by atoms with E-state index in [1.165, 1.54) is 6.07 Å². The standard InChI is InChI=1S/C24H18Cl2N4O4/c25-16-5-8-22-19(13-16)28-24(34-22)15-3-6-17(26)18(11-15)27-23(31)14-4-7-20(21(12-14)30(32)33)29-9-1-2-10-29/h3-8,11-13H,1-2,9-10H2,(H,27,31). The fourth-order valence-electron chi connectivity index (χ4n) is 4.01. The Balaban J connectivity index is 1.43. The predicted molar refractivity (Wildman–Crippen MR) is 132 cm³/mol. The van der Waals surface area contributed by atoms with Gasteiger partial charge < -0.3 is 14.6 Å². The molecular weight excluding hydrogens is 479 g/mol. The molecule has 1 N–H and O–H groups in total. The van der Waals surface area contributed by atoms with Crippen molar-refractivity contribution in [3.05, 3.63) is 80.3 Å². The number of hydrogen-bond acceptors (Lipinski definition) is 6. The van der Waals surface area contributed by atoms with E-state index in [1.807, 2.05) is 4.90 Å². The Hall–Kier alpha value is -3.62. The first-order valence-electron chi connectivity index (χ1n) is 10.6. The van der Waals surface area contributed by atoms with Crippen LogP contribution < -0.4 is 10.2 Å². The summed E-state index contributed by atoms with van der Waals surface area (Å²) in [6.07, 6.45) is 1.97. The van der Waals surface area contributed by atoms with E-state index >= 15 is 0 Å². The first-order chi connectivity index (χ1) is 16.4. The van der Waals surface area contributed by atoms with E-state index in [9.17, 15) is 14.9 Å². The summed E-state index contributed by atoms with van der Waals surface area (Å²) in [5, 5.41) is 15.2. The molecule has 1 fully saturated rings. The predicted octanol–water partition coefficient (Wildman–Crippen LogP) is 6.56. The average Bonchev–Trinajstić information content (AvgIpc) is 3.50. The van der Waals surface area contributed by atoms with Crippen LogP contribution in [0.2, 0.25) is 10.0 Å². The summed E-state index contributed by atoms with van der Waals surface area (Å²) < 4.78 is 5.79. The summed E-state index contributed by atoms with van der Waals surface area (Å²) in [5.74, 6) is -0.172. The third-order valence-electron chi connectivity index (χ3n) is 5.69. The van der Waals surface area contributed by atoms with Crippen LogP contribution in [0.25, 0.3) is 22.6 Å². The Kier molecular flexibility index (Phi) is 5.85. The van der Waals surface area contributed by atoms with Gasteiger partial charge in [0, 0.05) is 35.3 Å². The maximum atomic E-state index is 12.9. The smallest absolute Gasteiger partial charge is 0.293 e. The second-order valence-corrected chi connectivity index (χ2v) is 8.78. The summed E-state index contributed by atoms with van der Waals surface area (Å²) in [5.41, 5.74) is 2.69. The number of anilines is 2. The van der Waals surface area contributed by atoms with Gasteiger partial charge in [-0.3, -0.25) is 14.9 Å². The monoisotopic (exact) mass is 496 g/mol. The molecule has 0 saturated carbocycles. The van der Waals surface area contributed by atoms with Crippen LogP contribution >= 0.6 is 23.2 Å². The first kappa shape index (κ1) is 22.2. The molecule has 0 atom stereocenters. The number of nitrogens with one attached hydrogen (secondary N) is 1. The number of oxazole rings is 1. The molecule has 0 unspecified atom stereocenters. The molecule has 8 nitrogen and oxygen atoms in total. The largest absolute Gasteiger partial charge is 0.436 e. The quantitative estimate of drug-likeness (QED) is 0.248. The van der Waals surface area contributed by atoms with Crippen LogP contribution in [0, 0.1) is 10.1 Å². The maximum absolute atomic E-state index is 12.9. The van der Waals surface area contributed by atoms with Crippen molar-refractivity contribution in [2.24, 2.45) is 0 Å². The highest BCUT2D eigenvalue weighted by Gasteiger charge is 2.24. The van der Waals surface area contributed by atoms with Crippen molar-refractivity contribution in [3.8, 4) is 11.5 Å². The van der Waals surface area contributed by atoms with Gasteiger partial charge in [-0.15, -0.1) is 0 Å². The lowest BCUT2D eigenvalue weighted by Gasteiger charge is -2.18. The van der Waals surface area contributed by atoms with Crippen LogP contribution in [0.15, 0.2) is 59.0 Å². The van der Waals surface area contributed by atoms with Gasteiger partial charge in [-0.05, 0) is 61.4 Å². The zero-order valence-electron chi connectivity index (χ0n) is 17.8. The number of amides is 1. The second-order valence-electron chi connectivity index (χ2n) is 7.93. The summed E-state index contributed by atoms with van der Waals surface area (Å²) in [7, 11) is 0. The minimum Gasteiger partial charge on any atom is -0.436 e. The number of nitrogens with zero attached hydrogens (tertiary/aromatic N) is 3. The number of rotatable bonds is 5. The fourth-order valence-corrected chi connectivity index (χ4v) is 4.34. The lowest BCUT2D eigenvalue weighted by atomic mass is 10.1. The topological polar surface area (TPSA) is 102 Å². The lowest BCUT2D eigenvalue weighted by molar-refractivity contribution is -0.384. The number of hydrogen-bond donors (Lipinski definition) is 1. The molecule has 4 aromatic rings. The van der Waals surface area contributed by atoms with Gasteiger partial charge in [0.15, 0.2) is 5.58 Å². The highest BCUT2D eigenvalue weighted by molar-refractivity contribution is 6.34. The van der Waals surface area contributed by atoms with Gasteiger partial charge in [0.1, 0.15) is 11.2 Å². The van der Waals surface area contributed by atoms with Crippen molar-refractivity contribution >= 4 is 57.3 Å². The van der Waals surface area contributed by atoms with Crippen molar-refractivity contribution in [3.63, 3.8) is 0 Å². The van der Waals surface area contributed by atoms with E-state index in [0.29, 0.717) is 44.0 Å². The van der Waals surface area contributed by atoms with E-state index in [1.54, 1.807) is 48.5 Å². The highest BCUT2D eigenvalue weighted by atomic mass is 35.5. The van der Waals surface area contributed by atoms with Gasteiger partial charge in [-0.1, -0.05) is 23.2 Å². The van der Waals surface area contributed by atoms with Crippen molar-refractivity contribution in [1.82, 2.24) is 4.98 Å². The van der Waals surface area contributed by atoms with Crippen molar-refractivity contribution in [2.45, 2.75) is 12.8 Å². The van der Waals surface area contributed by atoms with Crippen molar-refractivity contribution in [1.29, 1.82) is 0 Å². The molecule has 172 valence electrons. The number of benzene rings is 3. The highest BCUT2D eigenvalue weighted by Crippen LogP contribution is 2.34. The van der Waals surface area contributed by atoms with Gasteiger partial charge in [0.2, 0.25) is 5.89 Å². The van der Waals surface area contributed by atoms with Crippen molar-refractivity contribution < 1.29 is 14.1 Å². The molecule has 1 saturated heterocycles. The Labute approximate surface area is 204 Å². The number of aromatic nitrogens is 1.